The zero-order valence-corrected chi connectivity index (χ0v) is 60.0. The minimum absolute atomic E-state index is 0. The fourth-order valence-corrected chi connectivity index (χ4v) is 7.98. The zero-order valence-electron chi connectivity index (χ0n) is 46.0. The number of carbonyl (C=O) groups is 2. The van der Waals surface area contributed by atoms with Crippen molar-refractivity contribution in [1.29, 1.82) is 0 Å². The minimum atomic E-state index is -4.79. The van der Waals surface area contributed by atoms with Crippen molar-refractivity contribution in [3.63, 3.8) is 0 Å². The van der Waals surface area contributed by atoms with Crippen molar-refractivity contribution >= 4 is 111 Å². The Morgan fingerprint density at radius 3 is 1.43 bits per heavy atom. The summed E-state index contributed by atoms with van der Waals surface area (Å²) in [6.45, 7) is 24.0. The van der Waals surface area contributed by atoms with Gasteiger partial charge in [-0.15, -0.1) is 92.0 Å². The molecular formula is C51H47N2Na5O19S5. The van der Waals surface area contributed by atoms with Gasteiger partial charge in [-0.2, -0.15) is 5.56 Å². The summed E-state index contributed by atoms with van der Waals surface area (Å²) in [6, 6.07) is 25.5. The molecule has 0 spiro atoms. The van der Waals surface area contributed by atoms with Crippen molar-refractivity contribution < 1.29 is 231 Å². The number of methoxy groups -OCH3 is 1. The van der Waals surface area contributed by atoms with Crippen molar-refractivity contribution in [2.45, 2.75) is 41.6 Å². The molecule has 0 aromatic heterocycles. The van der Waals surface area contributed by atoms with E-state index in [-0.39, 0.29) is 199 Å². The third-order valence-corrected chi connectivity index (χ3v) is 12.1. The number of benzene rings is 5. The predicted octanol–water partition coefficient (Wildman–Crippen LogP) is -8.75. The van der Waals surface area contributed by atoms with E-state index in [4.69, 9.17) is 30.0 Å². The van der Waals surface area contributed by atoms with Crippen LogP contribution in [0.1, 0.15) is 63.9 Å². The number of carbonyl (C=O) groups excluding carboxylic acids is 2. The fourth-order valence-electron chi connectivity index (χ4n) is 5.84. The first-order valence-corrected chi connectivity index (χ1v) is 27.2. The van der Waals surface area contributed by atoms with Gasteiger partial charge in [0.25, 0.3) is 5.91 Å². The van der Waals surface area contributed by atoms with E-state index in [1.165, 1.54) is 74.7 Å². The summed E-state index contributed by atoms with van der Waals surface area (Å²) >= 11 is 0. The summed E-state index contributed by atoms with van der Waals surface area (Å²) in [5.41, 5.74) is 5.65. The normalized spacial score (nSPS) is 9.94. The number of aliphatic hydroxyl groups is 1. The SMILES string of the molecule is C=C(C)C(=O)Nc1c[c-]c(C=Cc2ccc(NC(=O)C(=C)C)cc2S(=O)(=O)[O-])cc1.C=Cc1[c-]cc(Cc2cc(S(=O)(=O)[O-])c(C=C)cc2CO)c(OC)c1.C=Cc1ccc(C=C)c(S(=O)(=O)[O-])c1.O=S(=O)=O.O=S(=O)=O.[Na+].[Na+].[Na+].[Na+].[Na+]. The van der Waals surface area contributed by atoms with Crippen molar-refractivity contribution in [3.05, 3.63) is 192 Å². The van der Waals surface area contributed by atoms with Gasteiger partial charge in [-0.1, -0.05) is 81.0 Å². The smallest absolute Gasteiger partial charge is 0.744 e. The van der Waals surface area contributed by atoms with Gasteiger partial charge in [-0.05, 0) is 89.7 Å². The molecule has 0 heterocycles. The molecule has 0 aliphatic carbocycles. The predicted molar refractivity (Wildman–Crippen MR) is 285 cm³/mol. The molecule has 0 bridgehead atoms. The van der Waals surface area contributed by atoms with Crippen LogP contribution in [0, 0.1) is 12.1 Å². The first-order chi connectivity index (χ1) is 35.8. The molecule has 21 nitrogen and oxygen atoms in total. The molecule has 3 N–H and O–H groups in total. The molecule has 5 aromatic carbocycles. The van der Waals surface area contributed by atoms with Gasteiger partial charge in [0.15, 0.2) is 0 Å². The number of amides is 2. The van der Waals surface area contributed by atoms with Gasteiger partial charge in [-0.25, -0.2) is 25.3 Å². The molecule has 82 heavy (non-hydrogen) atoms. The maximum absolute atomic E-state index is 11.7. The molecule has 31 heteroatoms. The Labute approximate surface area is 591 Å². The van der Waals surface area contributed by atoms with Gasteiger partial charge < -0.3 is 34.1 Å². The van der Waals surface area contributed by atoms with Crippen molar-refractivity contribution in [2.75, 3.05) is 17.7 Å². The fraction of sp³-hybridized carbons (Fsp3) is 0.0980. The van der Waals surface area contributed by atoms with E-state index in [9.17, 15) is 53.6 Å². The van der Waals surface area contributed by atoms with Crippen LogP contribution in [0.4, 0.5) is 11.4 Å². The molecule has 410 valence electrons. The van der Waals surface area contributed by atoms with Crippen LogP contribution in [-0.4, -0.2) is 88.2 Å². The number of aliphatic hydroxyl groups excluding tert-OH is 1. The van der Waals surface area contributed by atoms with Gasteiger partial charge in [0.05, 0.1) is 28.4 Å². The van der Waals surface area contributed by atoms with E-state index in [0.717, 1.165) is 17.2 Å². The van der Waals surface area contributed by atoms with Crippen LogP contribution in [0.25, 0.3) is 36.5 Å². The maximum atomic E-state index is 11.7. The first kappa shape index (κ1) is 87.7. The molecule has 0 aliphatic heterocycles. The summed E-state index contributed by atoms with van der Waals surface area (Å²) in [6.07, 6.45) is 9.01. The summed E-state index contributed by atoms with van der Waals surface area (Å²) in [4.78, 5) is 22.2. The van der Waals surface area contributed by atoms with Crippen LogP contribution in [-0.2, 0) is 74.2 Å². The van der Waals surface area contributed by atoms with E-state index < -0.39 is 62.4 Å². The third-order valence-electron chi connectivity index (χ3n) is 9.44. The molecule has 0 saturated carbocycles. The second-order valence-corrected chi connectivity index (χ2v) is 19.8. The average Bonchev–Trinajstić information content (AvgIpc) is 3.35. The Balaban J connectivity index is -0.000000343. The van der Waals surface area contributed by atoms with Gasteiger partial charge in [-0.3, -0.25) is 9.59 Å². The van der Waals surface area contributed by atoms with Crippen LogP contribution in [0.2, 0.25) is 0 Å². The number of nitrogens with one attached hydrogen (secondary N) is 2. The molecule has 0 fully saturated rings. The van der Waals surface area contributed by atoms with Crippen LogP contribution >= 0.6 is 0 Å². The van der Waals surface area contributed by atoms with E-state index in [1.807, 2.05) is 0 Å². The van der Waals surface area contributed by atoms with Crippen molar-refractivity contribution in [2.24, 2.45) is 0 Å². The molecular weight excluding hydrogens is 1220 g/mol. The van der Waals surface area contributed by atoms with Crippen LogP contribution in [0.5, 0.6) is 5.75 Å². The molecule has 2 amide bonds. The molecule has 5 aromatic rings. The Morgan fingerprint density at radius 1 is 0.561 bits per heavy atom. The molecule has 0 saturated heterocycles. The summed E-state index contributed by atoms with van der Waals surface area (Å²) in [5.74, 6) is -0.214. The number of ether oxygens (including phenoxy) is 1. The third kappa shape index (κ3) is 32.5. The van der Waals surface area contributed by atoms with Gasteiger partial charge in [0.2, 0.25) is 5.91 Å². The Bertz CT molecular complexity index is 3670. The summed E-state index contributed by atoms with van der Waals surface area (Å²) in [5, 5.41) is 14.7. The largest absolute Gasteiger partial charge is 1.00 e. The summed E-state index contributed by atoms with van der Waals surface area (Å²) in [7, 11) is -18.6. The number of rotatable bonds is 17. The maximum Gasteiger partial charge on any atom is 1.00 e. The monoisotopic (exact) mass is 1270 g/mol. The van der Waals surface area contributed by atoms with E-state index in [2.05, 4.69) is 62.2 Å². The molecule has 5 rings (SSSR count). The van der Waals surface area contributed by atoms with E-state index >= 15 is 0 Å². The van der Waals surface area contributed by atoms with Gasteiger partial charge in [0, 0.05) is 22.6 Å². The number of hydrogen-bond donors (Lipinski definition) is 3. The number of anilines is 2. The Kier molecular flexibility index (Phi) is 45.7. The quantitative estimate of drug-likeness (QED) is 0.0256. The van der Waals surface area contributed by atoms with Crippen molar-refractivity contribution in [1.82, 2.24) is 0 Å². The summed E-state index contributed by atoms with van der Waals surface area (Å²) < 4.78 is 158. The molecule has 0 radical (unpaired) electrons. The standard InChI is InChI=1S/C22H21N2O5S.C19H19O5S.C10H10O3S.5Na.2O3S/c1-14(2)21(25)23-18-10-6-16(7-11-18)5-8-17-9-12-19(24-22(26)15(3)4)13-20(17)30(27,28)29;1-4-13-6-7-15(18(8-13)24-3)10-16-11-19(25(21,22)23)14(5-2)9-17(16)12-20;1-3-8-5-6-9(4-2)10(7-8)14(11,12)13;;;;;;2*1-4(2)3/h5-6,8-13H,1,3H2,2,4H3,(H,23,25)(H,24,26)(H,27,28,29);4-5,7-9,11,20H,1-2,10,12H2,3H3,(H,21,22,23);3-7H,1-2H2,(H,11,12,13);;;;;;;/q2*-1;;5*+1;;/p-3. The minimum Gasteiger partial charge on any atom is -0.744 e. The van der Waals surface area contributed by atoms with E-state index in [1.54, 1.807) is 55.5 Å². The number of hydrogen-bond acceptors (Lipinski definition) is 19. The second-order valence-electron chi connectivity index (χ2n) is 14.9. The first-order valence-electron chi connectivity index (χ1n) is 20.9. The Hall–Kier alpha value is -3.05. The van der Waals surface area contributed by atoms with Gasteiger partial charge >= 0.3 is 169 Å². The zero-order chi connectivity index (χ0) is 59.0. The van der Waals surface area contributed by atoms with Crippen molar-refractivity contribution in [3.8, 4) is 5.75 Å². The topological polar surface area (TPSA) is 362 Å². The second kappa shape index (κ2) is 42.7. The molecule has 0 aliphatic rings. The molecule has 0 atom stereocenters. The molecule has 0 unspecified atom stereocenters. The van der Waals surface area contributed by atoms with Crippen LogP contribution in [0.15, 0.2) is 144 Å². The Morgan fingerprint density at radius 2 is 1.01 bits per heavy atom. The van der Waals surface area contributed by atoms with Crippen LogP contribution < -0.4 is 163 Å². The van der Waals surface area contributed by atoms with Gasteiger partial charge in [0.1, 0.15) is 30.4 Å². The van der Waals surface area contributed by atoms with E-state index in [0.29, 0.717) is 44.8 Å². The average molecular weight is 1270 g/mol. The van der Waals surface area contributed by atoms with Crippen LogP contribution in [0.3, 0.4) is 0 Å².